The van der Waals surface area contributed by atoms with E-state index in [2.05, 4.69) is 22.1 Å². The Bertz CT molecular complexity index is 627. The van der Waals surface area contributed by atoms with E-state index in [-0.39, 0.29) is 12.5 Å². The molecule has 0 spiro atoms. The zero-order valence-corrected chi connectivity index (χ0v) is 10.1. The van der Waals surface area contributed by atoms with Crippen LogP contribution in [0.15, 0.2) is 48.5 Å². The standard InChI is InChI=1S/C15H12N2O2/c18-11-5-9-13-8-4-10-14(16-13)17-15(19)12-6-2-1-3-7-12/h1-4,6-8,10,18H,11H2,(H,16,17,19). The summed E-state index contributed by atoms with van der Waals surface area (Å²) in [7, 11) is 0. The molecule has 0 aliphatic rings. The van der Waals surface area contributed by atoms with Crippen molar-refractivity contribution in [2.45, 2.75) is 0 Å². The summed E-state index contributed by atoms with van der Waals surface area (Å²) in [6, 6.07) is 14.0. The predicted molar refractivity (Wildman–Crippen MR) is 72.6 cm³/mol. The number of rotatable bonds is 2. The number of nitrogens with zero attached hydrogens (tertiary/aromatic N) is 1. The Morgan fingerprint density at radius 3 is 2.68 bits per heavy atom. The Balaban J connectivity index is 2.13. The predicted octanol–water partition coefficient (Wildman–Crippen LogP) is 1.68. The van der Waals surface area contributed by atoms with Crippen LogP contribution in [0.5, 0.6) is 0 Å². The second-order valence-electron chi connectivity index (χ2n) is 3.69. The number of aliphatic hydroxyl groups excluding tert-OH is 1. The minimum atomic E-state index is -0.222. The highest BCUT2D eigenvalue weighted by Gasteiger charge is 2.05. The van der Waals surface area contributed by atoms with Crippen LogP contribution in [-0.4, -0.2) is 22.6 Å². The molecule has 0 aliphatic carbocycles. The summed E-state index contributed by atoms with van der Waals surface area (Å²) in [6.45, 7) is -0.220. The summed E-state index contributed by atoms with van der Waals surface area (Å²) in [5.74, 6) is 5.40. The Morgan fingerprint density at radius 1 is 1.16 bits per heavy atom. The fourth-order valence-corrected chi connectivity index (χ4v) is 1.48. The number of benzene rings is 1. The quantitative estimate of drug-likeness (QED) is 0.799. The Kier molecular flexibility index (Phi) is 4.27. The molecule has 4 nitrogen and oxygen atoms in total. The maximum atomic E-state index is 11.9. The molecule has 0 aliphatic heterocycles. The summed E-state index contributed by atoms with van der Waals surface area (Å²) in [5.41, 5.74) is 1.07. The molecule has 1 amide bonds. The zero-order valence-electron chi connectivity index (χ0n) is 10.1. The summed E-state index contributed by atoms with van der Waals surface area (Å²) in [4.78, 5) is 16.1. The van der Waals surface area contributed by atoms with Gasteiger partial charge < -0.3 is 10.4 Å². The molecule has 0 bridgehead atoms. The molecule has 2 N–H and O–H groups in total. The van der Waals surface area contributed by atoms with E-state index in [9.17, 15) is 4.79 Å². The van der Waals surface area contributed by atoms with Gasteiger partial charge in [-0.05, 0) is 30.2 Å². The first-order valence-corrected chi connectivity index (χ1v) is 5.73. The van der Waals surface area contributed by atoms with Gasteiger partial charge in [0.1, 0.15) is 18.1 Å². The van der Waals surface area contributed by atoms with Gasteiger partial charge in [0.2, 0.25) is 0 Å². The average Bonchev–Trinajstić information content (AvgIpc) is 2.46. The molecule has 19 heavy (non-hydrogen) atoms. The molecular weight excluding hydrogens is 240 g/mol. The molecule has 0 radical (unpaired) electrons. The van der Waals surface area contributed by atoms with E-state index in [1.165, 1.54) is 0 Å². The van der Waals surface area contributed by atoms with Crippen molar-refractivity contribution in [3.63, 3.8) is 0 Å². The molecule has 2 aromatic rings. The van der Waals surface area contributed by atoms with Crippen molar-refractivity contribution in [1.82, 2.24) is 4.98 Å². The molecule has 0 unspecified atom stereocenters. The lowest BCUT2D eigenvalue weighted by Gasteiger charge is -2.04. The number of nitrogens with one attached hydrogen (secondary N) is 1. The van der Waals surface area contributed by atoms with Crippen LogP contribution in [0, 0.1) is 11.8 Å². The largest absolute Gasteiger partial charge is 0.384 e. The van der Waals surface area contributed by atoms with Gasteiger partial charge in [-0.3, -0.25) is 4.79 Å². The van der Waals surface area contributed by atoms with Gasteiger partial charge in [0.25, 0.3) is 5.91 Å². The van der Waals surface area contributed by atoms with E-state index in [1.54, 1.807) is 42.5 Å². The minimum Gasteiger partial charge on any atom is -0.384 e. The second-order valence-corrected chi connectivity index (χ2v) is 3.69. The number of aromatic nitrogens is 1. The van der Waals surface area contributed by atoms with Crippen LogP contribution in [-0.2, 0) is 0 Å². The van der Waals surface area contributed by atoms with E-state index >= 15 is 0 Å². The molecule has 0 atom stereocenters. The summed E-state index contributed by atoms with van der Waals surface area (Å²) in [6.07, 6.45) is 0. The number of hydrogen-bond donors (Lipinski definition) is 2. The van der Waals surface area contributed by atoms with E-state index < -0.39 is 0 Å². The number of amides is 1. The van der Waals surface area contributed by atoms with Crippen LogP contribution < -0.4 is 5.32 Å². The lowest BCUT2D eigenvalue weighted by atomic mass is 10.2. The topological polar surface area (TPSA) is 62.2 Å². The monoisotopic (exact) mass is 252 g/mol. The lowest BCUT2D eigenvalue weighted by molar-refractivity contribution is 0.102. The summed E-state index contributed by atoms with van der Waals surface area (Å²) < 4.78 is 0. The van der Waals surface area contributed by atoms with E-state index in [4.69, 9.17) is 5.11 Å². The first kappa shape index (κ1) is 12.8. The summed E-state index contributed by atoms with van der Waals surface area (Å²) in [5, 5.41) is 11.3. The van der Waals surface area contributed by atoms with Crippen molar-refractivity contribution in [1.29, 1.82) is 0 Å². The van der Waals surface area contributed by atoms with Gasteiger partial charge >= 0.3 is 0 Å². The second kappa shape index (κ2) is 6.34. The van der Waals surface area contributed by atoms with Crippen molar-refractivity contribution in [2.24, 2.45) is 0 Å². The SMILES string of the molecule is O=C(Nc1cccc(C#CCO)n1)c1ccccc1. The van der Waals surface area contributed by atoms with Crippen molar-refractivity contribution in [3.05, 3.63) is 59.8 Å². The molecule has 0 fully saturated rings. The number of carbonyl (C=O) groups excluding carboxylic acids is 1. The van der Waals surface area contributed by atoms with Crippen LogP contribution in [0.3, 0.4) is 0 Å². The van der Waals surface area contributed by atoms with Gasteiger partial charge in [-0.2, -0.15) is 0 Å². The highest BCUT2D eigenvalue weighted by atomic mass is 16.2. The van der Waals surface area contributed by atoms with Crippen LogP contribution in [0.2, 0.25) is 0 Å². The number of carbonyl (C=O) groups is 1. The van der Waals surface area contributed by atoms with E-state index in [1.807, 2.05) is 6.07 Å². The molecule has 1 heterocycles. The number of anilines is 1. The fourth-order valence-electron chi connectivity index (χ4n) is 1.48. The van der Waals surface area contributed by atoms with Crippen LogP contribution in [0.1, 0.15) is 16.1 Å². The first-order valence-electron chi connectivity index (χ1n) is 5.73. The molecular formula is C15H12N2O2. The molecule has 0 saturated heterocycles. The highest BCUT2D eigenvalue weighted by Crippen LogP contribution is 2.07. The van der Waals surface area contributed by atoms with Gasteiger partial charge in [0.05, 0.1) is 0 Å². The molecule has 94 valence electrons. The Morgan fingerprint density at radius 2 is 1.95 bits per heavy atom. The molecule has 4 heteroatoms. The van der Waals surface area contributed by atoms with Crippen molar-refractivity contribution in [2.75, 3.05) is 11.9 Å². The van der Waals surface area contributed by atoms with Crippen molar-refractivity contribution in [3.8, 4) is 11.8 Å². The van der Waals surface area contributed by atoms with Crippen LogP contribution >= 0.6 is 0 Å². The van der Waals surface area contributed by atoms with Gasteiger partial charge in [-0.25, -0.2) is 4.98 Å². The molecule has 1 aromatic heterocycles. The van der Waals surface area contributed by atoms with Crippen molar-refractivity contribution >= 4 is 11.7 Å². The summed E-state index contributed by atoms with van der Waals surface area (Å²) >= 11 is 0. The number of pyridine rings is 1. The van der Waals surface area contributed by atoms with Gasteiger partial charge in [-0.1, -0.05) is 30.2 Å². The molecule has 2 rings (SSSR count). The average molecular weight is 252 g/mol. The third-order valence-corrected chi connectivity index (χ3v) is 2.32. The number of aliphatic hydroxyl groups is 1. The normalized spacial score (nSPS) is 9.32. The van der Waals surface area contributed by atoms with Crippen molar-refractivity contribution < 1.29 is 9.90 Å². The van der Waals surface area contributed by atoms with E-state index in [0.29, 0.717) is 17.1 Å². The Hall–Kier alpha value is -2.64. The molecule has 1 aromatic carbocycles. The Labute approximate surface area is 111 Å². The van der Waals surface area contributed by atoms with Gasteiger partial charge in [0.15, 0.2) is 0 Å². The maximum Gasteiger partial charge on any atom is 0.256 e. The highest BCUT2D eigenvalue weighted by molar-refractivity contribution is 6.03. The van der Waals surface area contributed by atoms with Gasteiger partial charge in [0, 0.05) is 5.56 Å². The maximum absolute atomic E-state index is 11.9. The lowest BCUT2D eigenvalue weighted by Crippen LogP contribution is -2.12. The smallest absolute Gasteiger partial charge is 0.256 e. The minimum absolute atomic E-state index is 0.220. The first-order chi connectivity index (χ1) is 9.29. The van der Waals surface area contributed by atoms with Crippen LogP contribution in [0.25, 0.3) is 0 Å². The number of hydrogen-bond acceptors (Lipinski definition) is 3. The van der Waals surface area contributed by atoms with E-state index in [0.717, 1.165) is 0 Å². The fraction of sp³-hybridized carbons (Fsp3) is 0.0667. The third kappa shape index (κ3) is 3.66. The zero-order chi connectivity index (χ0) is 13.5. The third-order valence-electron chi connectivity index (χ3n) is 2.32. The molecule has 0 saturated carbocycles. The van der Waals surface area contributed by atoms with Crippen LogP contribution in [0.4, 0.5) is 5.82 Å². The van der Waals surface area contributed by atoms with Gasteiger partial charge in [-0.15, -0.1) is 0 Å².